The van der Waals surface area contributed by atoms with Crippen LogP contribution in [-0.4, -0.2) is 29.0 Å². The third kappa shape index (κ3) is 1.80. The smallest absolute Gasteiger partial charge is 0.191 e. The second-order valence-corrected chi connectivity index (χ2v) is 2.98. The highest BCUT2D eigenvalue weighted by Crippen LogP contribution is 1.99. The fourth-order valence-corrected chi connectivity index (χ4v) is 1.25. The van der Waals surface area contributed by atoms with Gasteiger partial charge in [0.05, 0.1) is 25.1 Å². The second-order valence-electron chi connectivity index (χ2n) is 2.98. The number of aryl methyl sites for hydroxylation is 1. The second kappa shape index (κ2) is 3.47. The van der Waals surface area contributed by atoms with Crippen LogP contribution in [0.3, 0.4) is 0 Å². The molecular weight excluding hydrogens is 166 g/mol. The predicted molar refractivity (Wildman–Crippen MR) is 50.5 cm³/mol. The molecule has 1 aromatic rings. The Kier molecular flexibility index (Phi) is 2.16. The fraction of sp³-hybridized carbons (Fsp3) is 0.500. The first kappa shape index (κ1) is 8.10. The van der Waals surface area contributed by atoms with E-state index < -0.39 is 0 Å². The number of rotatable bonds is 2. The molecule has 2 heterocycles. The van der Waals surface area contributed by atoms with Crippen molar-refractivity contribution in [3.63, 3.8) is 0 Å². The van der Waals surface area contributed by atoms with Crippen molar-refractivity contribution in [2.45, 2.75) is 13.5 Å². The average molecular weight is 179 g/mol. The Balaban J connectivity index is 1.89. The number of hydrogen-bond acceptors (Lipinski definition) is 4. The molecule has 0 aliphatic carbocycles. The molecular formula is C8H13N5. The van der Waals surface area contributed by atoms with Crippen molar-refractivity contribution in [1.29, 1.82) is 0 Å². The summed E-state index contributed by atoms with van der Waals surface area (Å²) in [5.41, 5.74) is 2.14. The van der Waals surface area contributed by atoms with E-state index >= 15 is 0 Å². The van der Waals surface area contributed by atoms with Crippen LogP contribution in [0.2, 0.25) is 0 Å². The molecule has 0 aromatic carbocycles. The topological polar surface area (TPSA) is 65.1 Å². The maximum absolute atomic E-state index is 4.22. The van der Waals surface area contributed by atoms with E-state index in [0.717, 1.165) is 37.0 Å². The van der Waals surface area contributed by atoms with Crippen molar-refractivity contribution >= 4 is 5.96 Å². The van der Waals surface area contributed by atoms with Crippen LogP contribution in [0, 0.1) is 6.92 Å². The van der Waals surface area contributed by atoms with Gasteiger partial charge in [-0.2, -0.15) is 0 Å². The van der Waals surface area contributed by atoms with Gasteiger partial charge in [-0.3, -0.25) is 4.99 Å². The van der Waals surface area contributed by atoms with Crippen LogP contribution in [0.25, 0.3) is 0 Å². The molecule has 70 valence electrons. The van der Waals surface area contributed by atoms with Gasteiger partial charge in [-0.05, 0) is 6.92 Å². The fourth-order valence-electron chi connectivity index (χ4n) is 1.25. The first-order chi connectivity index (χ1) is 6.36. The van der Waals surface area contributed by atoms with Crippen LogP contribution in [-0.2, 0) is 6.54 Å². The molecule has 3 N–H and O–H groups in total. The molecule has 1 aromatic heterocycles. The Labute approximate surface area is 76.7 Å². The van der Waals surface area contributed by atoms with E-state index in [1.807, 2.05) is 6.92 Å². The predicted octanol–water partition coefficient (Wildman–Crippen LogP) is -0.233. The van der Waals surface area contributed by atoms with Crippen molar-refractivity contribution in [2.24, 2.45) is 4.99 Å². The van der Waals surface area contributed by atoms with Gasteiger partial charge in [0.2, 0.25) is 0 Å². The van der Waals surface area contributed by atoms with Gasteiger partial charge in [0.25, 0.3) is 0 Å². The van der Waals surface area contributed by atoms with Crippen molar-refractivity contribution in [3.05, 3.63) is 17.7 Å². The number of guanidine groups is 1. The summed E-state index contributed by atoms with van der Waals surface area (Å²) in [6, 6.07) is 0. The van der Waals surface area contributed by atoms with E-state index in [1.54, 1.807) is 6.33 Å². The lowest BCUT2D eigenvalue weighted by Crippen LogP contribution is -2.33. The van der Waals surface area contributed by atoms with Crippen LogP contribution < -0.4 is 10.6 Å². The molecule has 0 fully saturated rings. The number of H-pyrrole nitrogens is 1. The van der Waals surface area contributed by atoms with Gasteiger partial charge in [-0.15, -0.1) is 0 Å². The molecule has 0 radical (unpaired) electrons. The lowest BCUT2D eigenvalue weighted by Gasteiger charge is -2.04. The highest BCUT2D eigenvalue weighted by Gasteiger charge is 2.05. The van der Waals surface area contributed by atoms with Gasteiger partial charge in [0, 0.05) is 12.2 Å². The van der Waals surface area contributed by atoms with Crippen molar-refractivity contribution < 1.29 is 0 Å². The minimum absolute atomic E-state index is 0.723. The maximum Gasteiger partial charge on any atom is 0.191 e. The van der Waals surface area contributed by atoms with Gasteiger partial charge >= 0.3 is 0 Å². The number of aromatic nitrogens is 2. The van der Waals surface area contributed by atoms with Crippen LogP contribution >= 0.6 is 0 Å². The summed E-state index contributed by atoms with van der Waals surface area (Å²) in [5, 5.41) is 6.32. The Morgan fingerprint density at radius 3 is 3.15 bits per heavy atom. The van der Waals surface area contributed by atoms with E-state index in [0.29, 0.717) is 0 Å². The summed E-state index contributed by atoms with van der Waals surface area (Å²) in [4.78, 5) is 11.4. The van der Waals surface area contributed by atoms with Gasteiger partial charge in [-0.1, -0.05) is 0 Å². The zero-order chi connectivity index (χ0) is 9.10. The van der Waals surface area contributed by atoms with E-state index in [9.17, 15) is 0 Å². The molecule has 5 nitrogen and oxygen atoms in total. The first-order valence-electron chi connectivity index (χ1n) is 4.37. The lowest BCUT2D eigenvalue weighted by molar-refractivity contribution is 0.840. The summed E-state index contributed by atoms with van der Waals surface area (Å²) < 4.78 is 0. The SMILES string of the molecule is Cc1[nH]cnc1CNC1=NCCN1. The Hall–Kier alpha value is -1.52. The molecule has 0 atom stereocenters. The Bertz CT molecular complexity index is 314. The van der Waals surface area contributed by atoms with Crippen LogP contribution in [0.1, 0.15) is 11.4 Å². The molecule has 0 unspecified atom stereocenters. The molecule has 1 aliphatic heterocycles. The van der Waals surface area contributed by atoms with Crippen molar-refractivity contribution in [1.82, 2.24) is 20.6 Å². The number of imidazole rings is 1. The number of aromatic amines is 1. The van der Waals surface area contributed by atoms with Gasteiger partial charge in [0.15, 0.2) is 5.96 Å². The largest absolute Gasteiger partial charge is 0.355 e. The summed E-state index contributed by atoms with van der Waals surface area (Å²) in [6.45, 7) is 4.53. The summed E-state index contributed by atoms with van der Waals surface area (Å²) in [6.07, 6.45) is 1.70. The van der Waals surface area contributed by atoms with E-state index in [4.69, 9.17) is 0 Å². The molecule has 5 heteroatoms. The highest BCUT2D eigenvalue weighted by atomic mass is 15.2. The van der Waals surface area contributed by atoms with E-state index in [2.05, 4.69) is 25.6 Å². The number of aliphatic imine (C=N–C) groups is 1. The molecule has 0 spiro atoms. The number of nitrogens with one attached hydrogen (secondary N) is 3. The van der Waals surface area contributed by atoms with Crippen LogP contribution in [0.15, 0.2) is 11.3 Å². The van der Waals surface area contributed by atoms with Gasteiger partial charge in [-0.25, -0.2) is 4.98 Å². The standard InChI is InChI=1S/C8H13N5/c1-6-7(13-5-12-6)4-11-8-9-2-3-10-8/h5H,2-4H2,1H3,(H,12,13)(H2,9,10,11). The maximum atomic E-state index is 4.22. The highest BCUT2D eigenvalue weighted by molar-refractivity contribution is 5.81. The molecule has 0 saturated carbocycles. The van der Waals surface area contributed by atoms with E-state index in [1.165, 1.54) is 0 Å². The monoisotopic (exact) mass is 179 g/mol. The summed E-state index contributed by atoms with van der Waals surface area (Å²) in [7, 11) is 0. The molecule has 0 amide bonds. The van der Waals surface area contributed by atoms with Gasteiger partial charge < -0.3 is 15.6 Å². The third-order valence-corrected chi connectivity index (χ3v) is 2.03. The van der Waals surface area contributed by atoms with Crippen LogP contribution in [0.4, 0.5) is 0 Å². The zero-order valence-electron chi connectivity index (χ0n) is 7.59. The molecule has 0 saturated heterocycles. The molecule has 2 rings (SSSR count). The molecule has 13 heavy (non-hydrogen) atoms. The van der Waals surface area contributed by atoms with Crippen molar-refractivity contribution in [3.8, 4) is 0 Å². The van der Waals surface area contributed by atoms with Gasteiger partial charge in [0.1, 0.15) is 0 Å². The minimum atomic E-state index is 0.723. The number of nitrogens with zero attached hydrogens (tertiary/aromatic N) is 2. The summed E-state index contributed by atoms with van der Waals surface area (Å²) in [5.74, 6) is 0.877. The van der Waals surface area contributed by atoms with Crippen molar-refractivity contribution in [2.75, 3.05) is 13.1 Å². The first-order valence-corrected chi connectivity index (χ1v) is 4.37. The summed E-state index contributed by atoms with van der Waals surface area (Å²) >= 11 is 0. The zero-order valence-corrected chi connectivity index (χ0v) is 7.59. The number of hydrogen-bond donors (Lipinski definition) is 3. The molecule has 1 aliphatic rings. The molecule has 0 bridgehead atoms. The third-order valence-electron chi connectivity index (χ3n) is 2.03. The minimum Gasteiger partial charge on any atom is -0.355 e. The quantitative estimate of drug-likeness (QED) is 0.587. The normalized spacial score (nSPS) is 15.3. The average Bonchev–Trinajstić information content (AvgIpc) is 2.72. The Morgan fingerprint density at radius 1 is 1.62 bits per heavy atom. The van der Waals surface area contributed by atoms with Crippen LogP contribution in [0.5, 0.6) is 0 Å². The van der Waals surface area contributed by atoms with E-state index in [-0.39, 0.29) is 0 Å². The Morgan fingerprint density at radius 2 is 2.54 bits per heavy atom. The lowest BCUT2D eigenvalue weighted by atomic mass is 10.3.